The smallest absolute Gasteiger partial charge is 0.115 e. The second-order valence-electron chi connectivity index (χ2n) is 5.73. The lowest BCUT2D eigenvalue weighted by molar-refractivity contribution is 0.475. The van der Waals surface area contributed by atoms with Gasteiger partial charge in [0.2, 0.25) is 0 Å². The molecule has 0 radical (unpaired) electrons. The van der Waals surface area contributed by atoms with Gasteiger partial charge in [0.25, 0.3) is 0 Å². The maximum absolute atomic E-state index is 8.63. The third-order valence-corrected chi connectivity index (χ3v) is 7.47. The Kier molecular flexibility index (Phi) is 8.67. The summed E-state index contributed by atoms with van der Waals surface area (Å²) in [4.78, 5) is 0. The molecule has 0 fully saturated rings. The normalized spacial score (nSPS) is 11.7. The Labute approximate surface area is 127 Å². The molecule has 19 heavy (non-hydrogen) atoms. The van der Waals surface area contributed by atoms with E-state index in [0.29, 0.717) is 15.2 Å². The predicted octanol–water partition coefficient (Wildman–Crippen LogP) is 6.14. The molecular weight excluding hydrogens is 272 g/mol. The van der Waals surface area contributed by atoms with Crippen molar-refractivity contribution in [1.82, 2.24) is 0 Å². The standard InChI is InChI=1S/C10H22S2.C6H6O/c1-7-9(3,4)11-12-10(5,6)8-2;7-6-4-2-1-3-5-6/h7-8H2,1-6H3;1-5,7H. The van der Waals surface area contributed by atoms with Crippen molar-refractivity contribution in [2.24, 2.45) is 0 Å². The Morgan fingerprint density at radius 3 is 1.42 bits per heavy atom. The highest BCUT2D eigenvalue weighted by Gasteiger charge is 2.22. The van der Waals surface area contributed by atoms with Crippen LogP contribution >= 0.6 is 21.6 Å². The second kappa shape index (κ2) is 8.80. The molecule has 0 spiro atoms. The molecule has 0 unspecified atom stereocenters. The maximum atomic E-state index is 8.63. The van der Waals surface area contributed by atoms with Crippen LogP contribution in [0.25, 0.3) is 0 Å². The molecule has 1 N–H and O–H groups in total. The van der Waals surface area contributed by atoms with E-state index in [-0.39, 0.29) is 0 Å². The topological polar surface area (TPSA) is 20.2 Å². The van der Waals surface area contributed by atoms with Crippen molar-refractivity contribution in [3.05, 3.63) is 30.3 Å². The van der Waals surface area contributed by atoms with Gasteiger partial charge in [-0.25, -0.2) is 0 Å². The van der Waals surface area contributed by atoms with Crippen molar-refractivity contribution in [2.45, 2.75) is 63.9 Å². The van der Waals surface area contributed by atoms with Crippen LogP contribution in [0, 0.1) is 0 Å². The minimum Gasteiger partial charge on any atom is -0.508 e. The third kappa shape index (κ3) is 10.2. The first-order valence-electron chi connectivity index (χ1n) is 6.83. The molecule has 0 atom stereocenters. The maximum Gasteiger partial charge on any atom is 0.115 e. The van der Waals surface area contributed by atoms with Crippen LogP contribution in [0.5, 0.6) is 5.75 Å². The Morgan fingerprint density at radius 2 is 1.21 bits per heavy atom. The van der Waals surface area contributed by atoms with Crippen LogP contribution in [0.2, 0.25) is 0 Å². The number of hydrogen-bond acceptors (Lipinski definition) is 3. The molecular formula is C16H28OS2. The molecule has 0 aliphatic carbocycles. The first-order valence-corrected chi connectivity index (χ1v) is 8.98. The average Bonchev–Trinajstić information content (AvgIpc) is 2.39. The number of para-hydroxylation sites is 1. The summed E-state index contributed by atoms with van der Waals surface area (Å²) in [6.07, 6.45) is 2.48. The minimum atomic E-state index is 0.322. The number of hydrogen-bond donors (Lipinski definition) is 1. The molecule has 0 aromatic heterocycles. The Balaban J connectivity index is 0.000000388. The zero-order valence-electron chi connectivity index (χ0n) is 13.1. The van der Waals surface area contributed by atoms with Crippen molar-refractivity contribution in [1.29, 1.82) is 0 Å². The molecule has 0 saturated heterocycles. The van der Waals surface area contributed by atoms with E-state index in [1.54, 1.807) is 24.3 Å². The van der Waals surface area contributed by atoms with Crippen molar-refractivity contribution < 1.29 is 5.11 Å². The summed E-state index contributed by atoms with van der Waals surface area (Å²) >= 11 is 0. The van der Waals surface area contributed by atoms with Gasteiger partial charge in [-0.05, 0) is 52.7 Å². The Hall–Kier alpha value is -0.280. The van der Waals surface area contributed by atoms with Gasteiger partial charge in [0.05, 0.1) is 0 Å². The minimum absolute atomic E-state index is 0.322. The van der Waals surface area contributed by atoms with Gasteiger partial charge in [0.15, 0.2) is 0 Å². The number of phenolic OH excluding ortho intramolecular Hbond substituents is 1. The van der Waals surface area contributed by atoms with E-state index in [2.05, 4.69) is 41.5 Å². The molecule has 3 heteroatoms. The zero-order chi connectivity index (χ0) is 14.9. The van der Waals surface area contributed by atoms with Crippen molar-refractivity contribution in [2.75, 3.05) is 0 Å². The highest BCUT2D eigenvalue weighted by Crippen LogP contribution is 2.45. The van der Waals surface area contributed by atoms with Gasteiger partial charge in [-0.2, -0.15) is 0 Å². The van der Waals surface area contributed by atoms with Gasteiger partial charge >= 0.3 is 0 Å². The summed E-state index contributed by atoms with van der Waals surface area (Å²) in [5.41, 5.74) is 0. The molecule has 1 aromatic carbocycles. The first-order chi connectivity index (χ1) is 8.72. The predicted molar refractivity (Wildman–Crippen MR) is 92.0 cm³/mol. The molecule has 0 bridgehead atoms. The van der Waals surface area contributed by atoms with Crippen LogP contribution in [-0.2, 0) is 0 Å². The summed E-state index contributed by atoms with van der Waals surface area (Å²) in [5, 5.41) is 8.63. The highest BCUT2D eigenvalue weighted by atomic mass is 33.1. The average molecular weight is 301 g/mol. The number of phenols is 1. The van der Waals surface area contributed by atoms with E-state index in [4.69, 9.17) is 5.11 Å². The van der Waals surface area contributed by atoms with Crippen LogP contribution in [0.15, 0.2) is 30.3 Å². The van der Waals surface area contributed by atoms with Gasteiger partial charge in [-0.3, -0.25) is 0 Å². The molecule has 0 aliphatic heterocycles. The largest absolute Gasteiger partial charge is 0.508 e. The fourth-order valence-corrected chi connectivity index (χ4v) is 3.52. The molecule has 0 aliphatic rings. The number of aromatic hydroxyl groups is 1. The van der Waals surface area contributed by atoms with Crippen LogP contribution in [0.4, 0.5) is 0 Å². The second-order valence-corrected chi connectivity index (χ2v) is 9.27. The molecule has 110 valence electrons. The van der Waals surface area contributed by atoms with E-state index in [1.807, 2.05) is 27.7 Å². The van der Waals surface area contributed by atoms with Crippen LogP contribution in [-0.4, -0.2) is 14.6 Å². The number of rotatable bonds is 5. The van der Waals surface area contributed by atoms with E-state index >= 15 is 0 Å². The third-order valence-electron chi connectivity index (χ3n) is 2.95. The van der Waals surface area contributed by atoms with Gasteiger partial charge in [0.1, 0.15) is 5.75 Å². The highest BCUT2D eigenvalue weighted by molar-refractivity contribution is 8.77. The lowest BCUT2D eigenvalue weighted by Crippen LogP contribution is -2.16. The van der Waals surface area contributed by atoms with Gasteiger partial charge < -0.3 is 5.11 Å². The van der Waals surface area contributed by atoms with Crippen LogP contribution in [0.1, 0.15) is 54.4 Å². The van der Waals surface area contributed by atoms with E-state index in [0.717, 1.165) is 0 Å². The molecule has 0 amide bonds. The fourth-order valence-electron chi connectivity index (χ4n) is 0.771. The van der Waals surface area contributed by atoms with Gasteiger partial charge in [0, 0.05) is 9.49 Å². The van der Waals surface area contributed by atoms with E-state index in [1.165, 1.54) is 12.8 Å². The molecule has 0 saturated carbocycles. The summed E-state index contributed by atoms with van der Waals surface area (Å²) in [7, 11) is 4.05. The van der Waals surface area contributed by atoms with Crippen LogP contribution in [0.3, 0.4) is 0 Å². The zero-order valence-corrected chi connectivity index (χ0v) is 14.7. The van der Waals surface area contributed by atoms with Crippen molar-refractivity contribution in [3.8, 4) is 5.75 Å². The van der Waals surface area contributed by atoms with Crippen molar-refractivity contribution in [3.63, 3.8) is 0 Å². The molecule has 1 rings (SSSR count). The monoisotopic (exact) mass is 300 g/mol. The first kappa shape index (κ1) is 18.7. The van der Waals surface area contributed by atoms with E-state index in [9.17, 15) is 0 Å². The van der Waals surface area contributed by atoms with Gasteiger partial charge in [-0.15, -0.1) is 0 Å². The lowest BCUT2D eigenvalue weighted by Gasteiger charge is -2.28. The van der Waals surface area contributed by atoms with Crippen LogP contribution < -0.4 is 0 Å². The Morgan fingerprint density at radius 1 is 0.842 bits per heavy atom. The fraction of sp³-hybridized carbons (Fsp3) is 0.625. The Bertz CT molecular complexity index is 318. The number of benzene rings is 1. The quantitative estimate of drug-likeness (QED) is 0.660. The summed E-state index contributed by atoms with van der Waals surface area (Å²) < 4.78 is 0.855. The van der Waals surface area contributed by atoms with Crippen molar-refractivity contribution >= 4 is 21.6 Å². The molecule has 0 heterocycles. The van der Waals surface area contributed by atoms with Gasteiger partial charge in [-0.1, -0.05) is 53.6 Å². The molecule has 1 aromatic rings. The lowest BCUT2D eigenvalue weighted by atomic mass is 10.1. The molecule has 1 nitrogen and oxygen atoms in total. The summed E-state index contributed by atoms with van der Waals surface area (Å²) in [5.74, 6) is 0.322. The summed E-state index contributed by atoms with van der Waals surface area (Å²) in [6, 6.07) is 8.71. The summed E-state index contributed by atoms with van der Waals surface area (Å²) in [6.45, 7) is 13.8. The SMILES string of the molecule is CCC(C)(C)SSC(C)(C)CC.Oc1ccccc1. The van der Waals surface area contributed by atoms with E-state index < -0.39 is 0 Å².